The van der Waals surface area contributed by atoms with Crippen molar-refractivity contribution in [3.05, 3.63) is 39.6 Å². The van der Waals surface area contributed by atoms with E-state index in [1.807, 2.05) is 6.07 Å². The second-order valence-corrected chi connectivity index (χ2v) is 4.78. The molecule has 0 bridgehead atoms. The summed E-state index contributed by atoms with van der Waals surface area (Å²) in [5.41, 5.74) is 1.27. The van der Waals surface area contributed by atoms with Crippen molar-refractivity contribution >= 4 is 34.8 Å². The Labute approximate surface area is 124 Å². The molecule has 0 saturated heterocycles. The largest absolute Gasteiger partial charge is 0.324 e. The number of nitriles is 1. The molecule has 0 saturated carbocycles. The molecule has 1 amide bonds. The topological polar surface area (TPSA) is 83.6 Å². The Kier molecular flexibility index (Phi) is 4.23. The van der Waals surface area contributed by atoms with Gasteiger partial charge in [0.1, 0.15) is 12.6 Å². The number of nitrogens with one attached hydrogen (secondary N) is 1. The van der Waals surface area contributed by atoms with Gasteiger partial charge in [-0.3, -0.25) is 4.79 Å². The van der Waals surface area contributed by atoms with Crippen LogP contribution in [0.3, 0.4) is 0 Å². The van der Waals surface area contributed by atoms with Crippen LogP contribution in [-0.2, 0) is 11.3 Å². The highest BCUT2D eigenvalue weighted by Crippen LogP contribution is 2.24. The van der Waals surface area contributed by atoms with Crippen LogP contribution in [0.5, 0.6) is 0 Å². The van der Waals surface area contributed by atoms with Gasteiger partial charge in [-0.15, -0.1) is 5.10 Å². The molecule has 1 aromatic heterocycles. The van der Waals surface area contributed by atoms with Gasteiger partial charge in [0.15, 0.2) is 5.69 Å². The third-order valence-corrected chi connectivity index (χ3v) is 3.32. The van der Waals surface area contributed by atoms with E-state index >= 15 is 0 Å². The summed E-state index contributed by atoms with van der Waals surface area (Å²) in [6, 6.07) is 6.68. The summed E-state index contributed by atoms with van der Waals surface area (Å²) in [6.45, 7) is 1.63. The Hall–Kier alpha value is -2.10. The molecule has 0 radical (unpaired) electrons. The number of benzene rings is 1. The minimum atomic E-state index is -0.305. The molecule has 1 aromatic carbocycles. The zero-order valence-electron chi connectivity index (χ0n) is 10.4. The van der Waals surface area contributed by atoms with Gasteiger partial charge in [0, 0.05) is 5.69 Å². The average Bonchev–Trinajstić information content (AvgIpc) is 2.75. The lowest BCUT2D eigenvalue weighted by Crippen LogP contribution is -2.20. The lowest BCUT2D eigenvalue weighted by atomic mass is 10.3. The molecule has 2 aromatic rings. The highest BCUT2D eigenvalue weighted by molar-refractivity contribution is 6.42. The molecule has 1 N–H and O–H groups in total. The highest BCUT2D eigenvalue weighted by atomic mass is 35.5. The van der Waals surface area contributed by atoms with Crippen LogP contribution in [0.25, 0.3) is 0 Å². The van der Waals surface area contributed by atoms with Crippen LogP contribution in [-0.4, -0.2) is 20.9 Å². The van der Waals surface area contributed by atoms with E-state index < -0.39 is 0 Å². The summed E-state index contributed by atoms with van der Waals surface area (Å²) in [6.07, 6.45) is 0. The minimum Gasteiger partial charge on any atom is -0.324 e. The quantitative estimate of drug-likeness (QED) is 0.943. The van der Waals surface area contributed by atoms with Crippen LogP contribution in [0, 0.1) is 18.3 Å². The molecule has 20 heavy (non-hydrogen) atoms. The van der Waals surface area contributed by atoms with Crippen LogP contribution in [0.4, 0.5) is 5.69 Å². The van der Waals surface area contributed by atoms with Crippen LogP contribution in [0.15, 0.2) is 18.2 Å². The van der Waals surface area contributed by atoms with Gasteiger partial charge in [0.25, 0.3) is 0 Å². The summed E-state index contributed by atoms with van der Waals surface area (Å²) in [7, 11) is 0. The summed E-state index contributed by atoms with van der Waals surface area (Å²) in [4.78, 5) is 11.9. The van der Waals surface area contributed by atoms with Crippen molar-refractivity contribution in [1.29, 1.82) is 5.26 Å². The molecule has 0 atom stereocenters. The number of nitrogens with zero attached hydrogens (tertiary/aromatic N) is 4. The van der Waals surface area contributed by atoms with E-state index in [4.69, 9.17) is 28.5 Å². The first kappa shape index (κ1) is 14.3. The van der Waals surface area contributed by atoms with Crippen molar-refractivity contribution in [2.45, 2.75) is 13.5 Å². The van der Waals surface area contributed by atoms with Crippen LogP contribution < -0.4 is 5.32 Å². The molecular weight excluding hydrogens is 301 g/mol. The average molecular weight is 310 g/mol. The maximum Gasteiger partial charge on any atom is 0.246 e. The maximum atomic E-state index is 11.9. The van der Waals surface area contributed by atoms with E-state index in [9.17, 15) is 4.79 Å². The first-order valence-electron chi connectivity index (χ1n) is 5.56. The first-order chi connectivity index (χ1) is 9.51. The maximum absolute atomic E-state index is 11.9. The van der Waals surface area contributed by atoms with E-state index in [0.717, 1.165) is 0 Å². The van der Waals surface area contributed by atoms with Crippen LogP contribution in [0.2, 0.25) is 10.0 Å². The molecule has 0 aliphatic carbocycles. The molecule has 6 nitrogen and oxygen atoms in total. The summed E-state index contributed by atoms with van der Waals surface area (Å²) in [5, 5.41) is 19.6. The second-order valence-electron chi connectivity index (χ2n) is 3.97. The fourth-order valence-electron chi connectivity index (χ4n) is 1.52. The van der Waals surface area contributed by atoms with Gasteiger partial charge in [-0.1, -0.05) is 28.4 Å². The van der Waals surface area contributed by atoms with Crippen LogP contribution >= 0.6 is 23.2 Å². The zero-order valence-corrected chi connectivity index (χ0v) is 11.9. The molecule has 0 spiro atoms. The molecule has 102 valence electrons. The van der Waals surface area contributed by atoms with Gasteiger partial charge in [-0.25, -0.2) is 4.68 Å². The Balaban J connectivity index is 2.07. The zero-order chi connectivity index (χ0) is 14.7. The number of hydrogen-bond acceptors (Lipinski definition) is 4. The van der Waals surface area contributed by atoms with Gasteiger partial charge in [0.05, 0.1) is 15.7 Å². The normalized spacial score (nSPS) is 10.1. The number of aromatic nitrogens is 3. The number of anilines is 1. The van der Waals surface area contributed by atoms with Crippen molar-refractivity contribution in [3.8, 4) is 6.07 Å². The van der Waals surface area contributed by atoms with Crippen LogP contribution in [0.1, 0.15) is 11.4 Å². The molecular formula is C12H9Cl2N5O. The Morgan fingerprint density at radius 1 is 1.45 bits per heavy atom. The van der Waals surface area contributed by atoms with Crippen molar-refractivity contribution < 1.29 is 4.79 Å². The second kappa shape index (κ2) is 5.90. The summed E-state index contributed by atoms with van der Waals surface area (Å²) >= 11 is 11.6. The number of amides is 1. The Morgan fingerprint density at radius 3 is 2.80 bits per heavy atom. The van der Waals surface area contributed by atoms with Crippen molar-refractivity contribution in [2.24, 2.45) is 0 Å². The fraction of sp³-hybridized carbons (Fsp3) is 0.167. The number of hydrogen-bond donors (Lipinski definition) is 1. The molecule has 8 heteroatoms. The molecule has 0 aliphatic rings. The van der Waals surface area contributed by atoms with Gasteiger partial charge in [-0.05, 0) is 25.1 Å². The Morgan fingerprint density at radius 2 is 2.20 bits per heavy atom. The van der Waals surface area contributed by atoms with Gasteiger partial charge >= 0.3 is 0 Å². The monoisotopic (exact) mass is 309 g/mol. The van der Waals surface area contributed by atoms with E-state index in [2.05, 4.69) is 15.6 Å². The molecule has 1 heterocycles. The minimum absolute atomic E-state index is 0.0409. The van der Waals surface area contributed by atoms with E-state index in [1.165, 1.54) is 4.68 Å². The third-order valence-electron chi connectivity index (χ3n) is 2.59. The molecule has 0 unspecified atom stereocenters. The standard InChI is InChI=1S/C12H9Cl2N5O/c1-7-11(5-15)17-18-19(7)6-12(20)16-8-2-3-9(13)10(14)4-8/h2-4H,6H2,1H3,(H,16,20). The fourth-order valence-corrected chi connectivity index (χ4v) is 1.82. The van der Waals surface area contributed by atoms with Crippen molar-refractivity contribution in [1.82, 2.24) is 15.0 Å². The Bertz CT molecular complexity index is 704. The third kappa shape index (κ3) is 3.07. The number of halogens is 2. The van der Waals surface area contributed by atoms with Gasteiger partial charge < -0.3 is 5.32 Å². The van der Waals surface area contributed by atoms with E-state index in [0.29, 0.717) is 21.4 Å². The lowest BCUT2D eigenvalue weighted by Gasteiger charge is -2.07. The first-order valence-corrected chi connectivity index (χ1v) is 6.32. The van der Waals surface area contributed by atoms with Crippen molar-refractivity contribution in [2.75, 3.05) is 5.32 Å². The summed E-state index contributed by atoms with van der Waals surface area (Å²) < 4.78 is 1.35. The number of carbonyl (C=O) groups is 1. The number of carbonyl (C=O) groups excluding carboxylic acids is 1. The number of rotatable bonds is 3. The smallest absolute Gasteiger partial charge is 0.246 e. The highest BCUT2D eigenvalue weighted by Gasteiger charge is 2.11. The van der Waals surface area contributed by atoms with E-state index in [-0.39, 0.29) is 18.1 Å². The molecule has 2 rings (SSSR count). The van der Waals surface area contributed by atoms with Gasteiger partial charge in [0.2, 0.25) is 5.91 Å². The molecule has 0 aliphatic heterocycles. The van der Waals surface area contributed by atoms with Crippen molar-refractivity contribution in [3.63, 3.8) is 0 Å². The SMILES string of the molecule is Cc1c(C#N)nnn1CC(=O)Nc1ccc(Cl)c(Cl)c1. The van der Waals surface area contributed by atoms with Gasteiger partial charge in [-0.2, -0.15) is 5.26 Å². The van der Waals surface area contributed by atoms with E-state index in [1.54, 1.807) is 25.1 Å². The predicted molar refractivity (Wildman–Crippen MR) is 74.6 cm³/mol. The predicted octanol–water partition coefficient (Wildman–Crippen LogP) is 2.40. The molecule has 0 fully saturated rings. The lowest BCUT2D eigenvalue weighted by molar-refractivity contribution is -0.117. The summed E-state index contributed by atoms with van der Waals surface area (Å²) in [5.74, 6) is -0.305.